The number of allylic oxidation sites excluding steroid dienone is 3. The molecule has 0 radical (unpaired) electrons. The Morgan fingerprint density at radius 2 is 0.928 bits per heavy atom. The summed E-state index contributed by atoms with van der Waals surface area (Å²) in [6, 6.07) is 0. The molecule has 8 fully saturated rings. The molecule has 0 aromatic rings. The zero-order valence-electron chi connectivity index (χ0n) is 48.0. The van der Waals surface area contributed by atoms with Crippen molar-refractivity contribution in [2.24, 2.45) is 113 Å². The number of carbonyl (C=O) groups excluding carboxylic acids is 3. The zero-order chi connectivity index (χ0) is 51.1. The fourth-order valence-corrected chi connectivity index (χ4v) is 22.1. The first-order valence-corrected chi connectivity index (χ1v) is 31.2. The Morgan fingerprint density at radius 3 is 1.35 bits per heavy atom. The van der Waals surface area contributed by atoms with Crippen molar-refractivity contribution in [2.75, 3.05) is 19.9 Å². The molecule has 0 unspecified atom stereocenters. The Hall–Kier alpha value is -1.12. The number of ketones is 2. The third-order valence-electron chi connectivity index (χ3n) is 26.7. The average Bonchev–Trinajstić information content (AvgIpc) is 3.75. The molecule has 4 nitrogen and oxygen atoms in total. The second-order valence-electron chi connectivity index (χ2n) is 30.1. The highest BCUT2D eigenvalue weighted by Gasteiger charge is 2.72. The van der Waals surface area contributed by atoms with E-state index in [0.29, 0.717) is 57.5 Å². The second-order valence-corrected chi connectivity index (χ2v) is 31.1. The fourth-order valence-electron chi connectivity index (χ4n) is 22.1. The van der Waals surface area contributed by atoms with Gasteiger partial charge in [-0.2, -0.15) is 0 Å². The quantitative estimate of drug-likeness (QED) is 0.225. The SMILES string of the molecule is CC(C)C1=C2[C@H]3CC[C@@H]4[C@@]5(C)CC[C@H](C)C(C)(C)[C@@H]5CC[C@@]4(C)[C@]3(C)CC[C@@]2(C=O)CC1=O.CC(C)C1=C2[C@H]3CC[C@@H]4[C@@]5(C)CC[C@H](C)C(C)(C)[C@@H]5CC[C@@]4(C)[C@]3(C)CC[C@@]2(CO)CC1=O.CPC. The Kier molecular flexibility index (Phi) is 13.9. The van der Waals surface area contributed by atoms with Crippen LogP contribution in [-0.4, -0.2) is 42.9 Å². The van der Waals surface area contributed by atoms with Gasteiger partial charge in [0, 0.05) is 18.3 Å². The van der Waals surface area contributed by atoms with Gasteiger partial charge in [0.1, 0.15) is 6.29 Å². The number of aliphatic hydroxyl groups is 1. The van der Waals surface area contributed by atoms with Crippen LogP contribution in [0.4, 0.5) is 0 Å². The first kappa shape index (κ1) is 54.2. The summed E-state index contributed by atoms with van der Waals surface area (Å²) < 4.78 is 0. The Labute approximate surface area is 425 Å². The highest BCUT2D eigenvalue weighted by atomic mass is 31.1. The summed E-state index contributed by atoms with van der Waals surface area (Å²) in [6.45, 7) is 44.2. The van der Waals surface area contributed by atoms with Gasteiger partial charge in [-0.1, -0.05) is 116 Å². The maximum atomic E-state index is 13.3. The van der Waals surface area contributed by atoms with Gasteiger partial charge in [0.2, 0.25) is 0 Å². The van der Waals surface area contributed by atoms with Crippen molar-refractivity contribution in [1.29, 1.82) is 0 Å². The monoisotopic (exact) mass is 969 g/mol. The summed E-state index contributed by atoms with van der Waals surface area (Å²) in [5, 5.41) is 10.6. The molecular weight excluding hydrogens is 864 g/mol. The first-order valence-electron chi connectivity index (χ1n) is 29.2. The molecule has 390 valence electrons. The van der Waals surface area contributed by atoms with E-state index in [1.165, 1.54) is 101 Å². The normalized spacial score (nSPS) is 49.1. The lowest BCUT2D eigenvalue weighted by atomic mass is 9.32. The van der Waals surface area contributed by atoms with E-state index in [0.717, 1.165) is 74.5 Å². The standard InChI is InChI=1S/C31H50O2.C31H48O2.C2H7P/c2*1-19(2)25-22(33)17-31(18-32)16-15-29(7)21(26(25)31)9-10-24-28(6)13-11-20(3)27(4,5)23(28)12-14-30(24,29)8;1-3-2/h19-21,23-24,32H,9-18H2,1-8H3;18-21,23-24H,9-17H2,1-8H3;3H,1-2H3/t2*20-,21+,23-,24+,28-,29+,30+,31-;/m00./s1. The molecule has 1 N–H and O–H groups in total. The van der Waals surface area contributed by atoms with Crippen LogP contribution in [0.1, 0.15) is 226 Å². The van der Waals surface area contributed by atoms with E-state index in [1.54, 1.807) is 0 Å². The molecule has 0 amide bonds. The van der Waals surface area contributed by atoms with Crippen LogP contribution in [0, 0.1) is 113 Å². The van der Waals surface area contributed by atoms with E-state index < -0.39 is 5.41 Å². The number of rotatable bonds is 4. The van der Waals surface area contributed by atoms with Crippen molar-refractivity contribution in [3.05, 3.63) is 22.3 Å². The fraction of sp³-hybridized carbons (Fsp3) is 0.891. The third kappa shape index (κ3) is 7.26. The third-order valence-corrected chi connectivity index (χ3v) is 26.7. The zero-order valence-corrected chi connectivity index (χ0v) is 49.0. The Bertz CT molecular complexity index is 2110. The van der Waals surface area contributed by atoms with Crippen LogP contribution in [0.5, 0.6) is 0 Å². The molecule has 10 aliphatic rings. The van der Waals surface area contributed by atoms with E-state index in [9.17, 15) is 19.5 Å². The van der Waals surface area contributed by atoms with Gasteiger partial charge >= 0.3 is 0 Å². The first-order chi connectivity index (χ1) is 32.0. The van der Waals surface area contributed by atoms with E-state index in [1.807, 2.05) is 0 Å². The molecule has 16 atom stereocenters. The molecule has 0 aliphatic heterocycles. The minimum atomic E-state index is -0.493. The Balaban J connectivity index is 0.000000176. The van der Waals surface area contributed by atoms with Crippen LogP contribution in [0.15, 0.2) is 22.3 Å². The highest BCUT2D eigenvalue weighted by molar-refractivity contribution is 7.35. The molecule has 8 saturated carbocycles. The van der Waals surface area contributed by atoms with Gasteiger partial charge in [-0.15, -0.1) is 8.58 Å². The molecule has 5 heteroatoms. The number of aldehydes is 1. The summed E-state index contributed by atoms with van der Waals surface area (Å²) in [7, 11) is 1.08. The molecule has 69 heavy (non-hydrogen) atoms. The van der Waals surface area contributed by atoms with Crippen molar-refractivity contribution in [3.8, 4) is 0 Å². The summed E-state index contributed by atoms with van der Waals surface area (Å²) >= 11 is 0. The highest BCUT2D eigenvalue weighted by Crippen LogP contribution is 2.79. The van der Waals surface area contributed by atoms with Crippen LogP contribution in [0.25, 0.3) is 0 Å². The lowest BCUT2D eigenvalue weighted by molar-refractivity contribution is -0.220. The average molecular weight is 970 g/mol. The number of carbonyl (C=O) groups is 3. The van der Waals surface area contributed by atoms with Crippen molar-refractivity contribution in [3.63, 3.8) is 0 Å². The van der Waals surface area contributed by atoms with Crippen molar-refractivity contribution in [1.82, 2.24) is 0 Å². The van der Waals surface area contributed by atoms with Crippen LogP contribution in [0.3, 0.4) is 0 Å². The van der Waals surface area contributed by atoms with Gasteiger partial charge in [0.15, 0.2) is 11.6 Å². The maximum absolute atomic E-state index is 13.3. The van der Waals surface area contributed by atoms with Gasteiger partial charge in [-0.3, -0.25) is 9.59 Å². The van der Waals surface area contributed by atoms with E-state index in [4.69, 9.17) is 0 Å². The summed E-state index contributed by atoms with van der Waals surface area (Å²) in [5.41, 5.74) is 6.82. The minimum Gasteiger partial charge on any atom is -0.395 e. The van der Waals surface area contributed by atoms with Crippen molar-refractivity contribution < 1.29 is 19.5 Å². The summed E-state index contributed by atoms with van der Waals surface area (Å²) in [4.78, 5) is 39.0. The molecule has 0 spiro atoms. The van der Waals surface area contributed by atoms with Gasteiger partial charge in [-0.25, -0.2) is 0 Å². The smallest absolute Gasteiger partial charge is 0.160 e. The minimum absolute atomic E-state index is 0.156. The van der Waals surface area contributed by atoms with Gasteiger partial charge in [0.05, 0.1) is 12.0 Å². The lowest BCUT2D eigenvalue weighted by Gasteiger charge is -2.72. The number of fused-ring (bicyclic) bond motifs is 14. The topological polar surface area (TPSA) is 71.4 Å². The number of hydrogen-bond donors (Lipinski definition) is 1. The molecule has 0 aromatic carbocycles. The van der Waals surface area contributed by atoms with Gasteiger partial charge < -0.3 is 9.90 Å². The number of aliphatic hydroxyl groups excluding tert-OH is 1. The largest absolute Gasteiger partial charge is 0.395 e. The van der Waals surface area contributed by atoms with Crippen LogP contribution < -0.4 is 0 Å². The predicted molar refractivity (Wildman–Crippen MR) is 290 cm³/mol. The number of hydrogen-bond acceptors (Lipinski definition) is 4. The maximum Gasteiger partial charge on any atom is 0.160 e. The van der Waals surface area contributed by atoms with Crippen molar-refractivity contribution in [2.45, 2.75) is 226 Å². The molecule has 0 aromatic heterocycles. The van der Waals surface area contributed by atoms with Crippen molar-refractivity contribution >= 4 is 26.4 Å². The molecule has 0 saturated heterocycles. The summed E-state index contributed by atoms with van der Waals surface area (Å²) in [5.74, 6) is 6.74. The Morgan fingerprint density at radius 1 is 0.522 bits per heavy atom. The van der Waals surface area contributed by atoms with Gasteiger partial charge in [-0.05, 0) is 235 Å². The number of Topliss-reactive ketones (excluding diaryl/α,β-unsaturated/α-hetero) is 2. The van der Waals surface area contributed by atoms with Crippen LogP contribution >= 0.6 is 8.58 Å². The van der Waals surface area contributed by atoms with E-state index in [2.05, 4.69) is 124 Å². The van der Waals surface area contributed by atoms with Gasteiger partial charge in [0.25, 0.3) is 0 Å². The van der Waals surface area contributed by atoms with E-state index in [-0.39, 0.29) is 45.9 Å². The van der Waals surface area contributed by atoms with Crippen LogP contribution in [0.2, 0.25) is 0 Å². The molecule has 10 aliphatic carbocycles. The van der Waals surface area contributed by atoms with Crippen LogP contribution in [-0.2, 0) is 14.4 Å². The summed E-state index contributed by atoms with van der Waals surface area (Å²) in [6.07, 6.45) is 22.2. The predicted octanol–water partition coefficient (Wildman–Crippen LogP) is 16.3. The molecular formula is C64H105O4P. The second kappa shape index (κ2) is 17.7. The van der Waals surface area contributed by atoms with E-state index >= 15 is 0 Å². The lowest BCUT2D eigenvalue weighted by Crippen LogP contribution is -2.65. The molecule has 0 bridgehead atoms. The molecule has 0 heterocycles. The molecule has 10 rings (SSSR count).